The van der Waals surface area contributed by atoms with E-state index < -0.39 is 43.5 Å². The maximum absolute atomic E-state index is 12.8. The van der Waals surface area contributed by atoms with Crippen molar-refractivity contribution in [2.45, 2.75) is 17.0 Å². The van der Waals surface area contributed by atoms with E-state index in [2.05, 4.69) is 15.9 Å². The molecule has 2 rings (SSSR count). The van der Waals surface area contributed by atoms with Gasteiger partial charge in [0, 0.05) is 18.6 Å². The summed E-state index contributed by atoms with van der Waals surface area (Å²) in [7, 11) is -4.44. The van der Waals surface area contributed by atoms with Crippen LogP contribution in [0.5, 0.6) is 0 Å². The molecule has 0 amide bonds. The Bertz CT molecular complexity index is 746. The lowest BCUT2D eigenvalue weighted by molar-refractivity contribution is 0.0272. The number of benzene rings is 1. The standard InChI is InChI=1S/C12H17BrN2O5S2/c1-14(2)15(11-7-21(17,18)8-12(11)16)22(19,20)10-5-3-9(13)4-6-10/h3-6,11-12,16H,7-8H2,1-2H3/t11-,12+/m1/s1. The first-order chi connectivity index (χ1) is 10.0. The van der Waals surface area contributed by atoms with Crippen LogP contribution in [0, 0.1) is 0 Å². The zero-order valence-electron chi connectivity index (χ0n) is 12.0. The summed E-state index contributed by atoms with van der Waals surface area (Å²) in [5.74, 6) is -0.833. The van der Waals surface area contributed by atoms with E-state index in [1.165, 1.54) is 31.2 Å². The van der Waals surface area contributed by atoms with Crippen LogP contribution in [0.4, 0.5) is 0 Å². The fourth-order valence-electron chi connectivity index (χ4n) is 2.43. The minimum atomic E-state index is -3.97. The summed E-state index contributed by atoms with van der Waals surface area (Å²) in [6.45, 7) is 0. The molecule has 1 aliphatic heterocycles. The molecule has 10 heteroatoms. The summed E-state index contributed by atoms with van der Waals surface area (Å²) in [6, 6.07) is 4.98. The van der Waals surface area contributed by atoms with Gasteiger partial charge in [0.25, 0.3) is 10.0 Å². The summed E-state index contributed by atoms with van der Waals surface area (Å²) < 4.78 is 50.6. The van der Waals surface area contributed by atoms with E-state index in [4.69, 9.17) is 0 Å². The van der Waals surface area contributed by atoms with Crippen molar-refractivity contribution in [1.29, 1.82) is 0 Å². The average molecular weight is 413 g/mol. The highest BCUT2D eigenvalue weighted by molar-refractivity contribution is 9.10. The van der Waals surface area contributed by atoms with E-state index in [1.54, 1.807) is 12.1 Å². The molecular weight excluding hydrogens is 396 g/mol. The molecule has 0 aromatic heterocycles. The van der Waals surface area contributed by atoms with E-state index in [-0.39, 0.29) is 4.90 Å². The van der Waals surface area contributed by atoms with Crippen molar-refractivity contribution in [2.75, 3.05) is 25.6 Å². The number of sulfone groups is 1. The van der Waals surface area contributed by atoms with Crippen molar-refractivity contribution in [2.24, 2.45) is 0 Å². The van der Waals surface area contributed by atoms with E-state index in [1.807, 2.05) is 0 Å². The molecule has 1 aliphatic rings. The van der Waals surface area contributed by atoms with Gasteiger partial charge < -0.3 is 5.11 Å². The molecule has 1 heterocycles. The summed E-state index contributed by atoms with van der Waals surface area (Å²) >= 11 is 3.23. The third-order valence-electron chi connectivity index (χ3n) is 3.33. The largest absolute Gasteiger partial charge is 0.390 e. The molecule has 0 saturated carbocycles. The van der Waals surface area contributed by atoms with E-state index in [0.29, 0.717) is 0 Å². The highest BCUT2D eigenvalue weighted by Crippen LogP contribution is 2.26. The number of halogens is 1. The fourth-order valence-corrected chi connectivity index (χ4v) is 6.24. The molecule has 0 spiro atoms. The van der Waals surface area contributed by atoms with Crippen molar-refractivity contribution in [1.82, 2.24) is 9.42 Å². The molecule has 124 valence electrons. The van der Waals surface area contributed by atoms with Crippen molar-refractivity contribution in [3.05, 3.63) is 28.7 Å². The monoisotopic (exact) mass is 412 g/mol. The molecular formula is C12H17BrN2O5S2. The zero-order valence-corrected chi connectivity index (χ0v) is 15.3. The van der Waals surface area contributed by atoms with Crippen LogP contribution < -0.4 is 0 Å². The SMILES string of the molecule is CN(C)N([C@@H]1CS(=O)(=O)C[C@@H]1O)S(=O)(=O)c1ccc(Br)cc1. The predicted octanol–water partition coefficient (Wildman–Crippen LogP) is 0.0743. The van der Waals surface area contributed by atoms with Crippen LogP contribution in [-0.4, -0.2) is 69.1 Å². The Morgan fingerprint density at radius 3 is 2.14 bits per heavy atom. The van der Waals surface area contributed by atoms with Gasteiger partial charge in [0.2, 0.25) is 0 Å². The van der Waals surface area contributed by atoms with E-state index >= 15 is 0 Å². The quantitative estimate of drug-likeness (QED) is 0.703. The maximum Gasteiger partial charge on any atom is 0.256 e. The van der Waals surface area contributed by atoms with E-state index in [9.17, 15) is 21.9 Å². The van der Waals surface area contributed by atoms with Gasteiger partial charge in [-0.25, -0.2) is 21.8 Å². The van der Waals surface area contributed by atoms with Gasteiger partial charge in [-0.1, -0.05) is 15.9 Å². The van der Waals surface area contributed by atoms with Crippen molar-refractivity contribution in [3.63, 3.8) is 0 Å². The van der Waals surface area contributed by atoms with Gasteiger partial charge in [-0.15, -0.1) is 4.41 Å². The van der Waals surface area contributed by atoms with Gasteiger partial charge in [-0.3, -0.25) is 0 Å². The number of aliphatic hydroxyl groups is 1. The van der Waals surface area contributed by atoms with Crippen LogP contribution in [0.3, 0.4) is 0 Å². The van der Waals surface area contributed by atoms with Crippen LogP contribution in [0.25, 0.3) is 0 Å². The summed E-state index contributed by atoms with van der Waals surface area (Å²) in [4.78, 5) is 0.0286. The molecule has 0 aliphatic carbocycles. The summed E-state index contributed by atoms with van der Waals surface area (Å²) in [5.41, 5.74) is 0. The van der Waals surface area contributed by atoms with Gasteiger partial charge >= 0.3 is 0 Å². The first-order valence-electron chi connectivity index (χ1n) is 6.40. The first kappa shape index (κ1) is 17.8. The fraction of sp³-hybridized carbons (Fsp3) is 0.500. The second-order valence-corrected chi connectivity index (χ2v) is 10.2. The molecule has 0 unspecified atom stereocenters. The summed E-state index contributed by atoms with van der Waals surface area (Å²) in [6.07, 6.45) is -1.25. The molecule has 1 aromatic rings. The van der Waals surface area contributed by atoms with Gasteiger partial charge in [-0.05, 0) is 24.3 Å². The lowest BCUT2D eigenvalue weighted by atomic mass is 10.2. The number of sulfonamides is 1. The number of rotatable bonds is 4. The van der Waals surface area contributed by atoms with Gasteiger partial charge in [0.1, 0.15) is 0 Å². The van der Waals surface area contributed by atoms with Crippen LogP contribution >= 0.6 is 15.9 Å². The number of hydrogen-bond donors (Lipinski definition) is 1. The third-order valence-corrected chi connectivity index (χ3v) is 7.51. The molecule has 7 nitrogen and oxygen atoms in total. The third kappa shape index (κ3) is 3.52. The molecule has 0 bridgehead atoms. The Morgan fingerprint density at radius 1 is 1.18 bits per heavy atom. The normalized spacial score (nSPS) is 25.0. The average Bonchev–Trinajstić information content (AvgIpc) is 2.62. The van der Waals surface area contributed by atoms with Gasteiger partial charge in [-0.2, -0.15) is 0 Å². The lowest BCUT2D eigenvalue weighted by Gasteiger charge is -2.33. The smallest absolute Gasteiger partial charge is 0.256 e. The van der Waals surface area contributed by atoms with Crippen molar-refractivity contribution >= 4 is 35.8 Å². The summed E-state index contributed by atoms with van der Waals surface area (Å²) in [5, 5.41) is 11.3. The molecule has 0 radical (unpaired) electrons. The van der Waals surface area contributed by atoms with Crippen LogP contribution in [0.2, 0.25) is 0 Å². The number of hydrogen-bond acceptors (Lipinski definition) is 6. The zero-order chi connectivity index (χ0) is 16.7. The molecule has 1 saturated heterocycles. The molecule has 1 aromatic carbocycles. The highest BCUT2D eigenvalue weighted by atomic mass is 79.9. The Morgan fingerprint density at radius 2 is 1.73 bits per heavy atom. The van der Waals surface area contributed by atoms with Crippen molar-refractivity contribution in [3.8, 4) is 0 Å². The minimum Gasteiger partial charge on any atom is -0.390 e. The van der Waals surface area contributed by atoms with Crippen LogP contribution in [0.1, 0.15) is 0 Å². The molecule has 1 N–H and O–H groups in total. The molecule has 2 atom stereocenters. The number of aliphatic hydroxyl groups excluding tert-OH is 1. The van der Waals surface area contributed by atoms with Crippen molar-refractivity contribution < 1.29 is 21.9 Å². The number of hydrazine groups is 1. The Hall–Kier alpha value is -0.520. The topological polar surface area (TPSA) is 95.0 Å². The Labute approximate surface area is 138 Å². The van der Waals surface area contributed by atoms with Gasteiger partial charge in [0.05, 0.1) is 28.5 Å². The lowest BCUT2D eigenvalue weighted by Crippen LogP contribution is -2.53. The minimum absolute atomic E-state index is 0.0286. The maximum atomic E-state index is 12.8. The molecule has 22 heavy (non-hydrogen) atoms. The Balaban J connectivity index is 2.46. The first-order valence-corrected chi connectivity index (χ1v) is 10.5. The van der Waals surface area contributed by atoms with Crippen LogP contribution in [0.15, 0.2) is 33.6 Å². The van der Waals surface area contributed by atoms with Gasteiger partial charge in [0.15, 0.2) is 9.84 Å². The number of nitrogens with zero attached hydrogens (tertiary/aromatic N) is 2. The predicted molar refractivity (Wildman–Crippen MR) is 85.3 cm³/mol. The molecule has 1 fully saturated rings. The Kier molecular flexibility index (Phi) is 5.00. The van der Waals surface area contributed by atoms with Crippen LogP contribution in [-0.2, 0) is 19.9 Å². The van der Waals surface area contributed by atoms with E-state index in [0.717, 1.165) is 8.89 Å². The second kappa shape index (κ2) is 6.17. The second-order valence-electron chi connectivity index (χ2n) is 5.29. The highest BCUT2D eigenvalue weighted by Gasteiger charge is 2.46.